The highest BCUT2D eigenvalue weighted by Gasteiger charge is 2.25. The second-order valence-corrected chi connectivity index (χ2v) is 4.90. The van der Waals surface area contributed by atoms with Crippen molar-refractivity contribution in [3.8, 4) is 5.75 Å². The van der Waals surface area contributed by atoms with Crippen molar-refractivity contribution < 1.29 is 14.4 Å². The van der Waals surface area contributed by atoms with Crippen molar-refractivity contribution in [2.45, 2.75) is 0 Å². The van der Waals surface area contributed by atoms with Gasteiger partial charge >= 0.3 is 5.97 Å². The van der Waals surface area contributed by atoms with Gasteiger partial charge in [-0.2, -0.15) is 0 Å². The van der Waals surface area contributed by atoms with Gasteiger partial charge in [-0.25, -0.2) is 4.79 Å². The predicted molar refractivity (Wildman–Crippen MR) is 89.2 cm³/mol. The van der Waals surface area contributed by atoms with Gasteiger partial charge in [0.15, 0.2) is 0 Å². The van der Waals surface area contributed by atoms with Crippen LogP contribution in [-0.4, -0.2) is 18.8 Å². The van der Waals surface area contributed by atoms with Crippen LogP contribution in [-0.2, 0) is 9.63 Å². The molecule has 0 aliphatic carbocycles. The molecule has 0 unspecified atom stereocenters. The van der Waals surface area contributed by atoms with Gasteiger partial charge in [0.2, 0.25) is 0 Å². The number of ether oxygens (including phenoxy) is 1. The Bertz CT molecular complexity index is 787. The summed E-state index contributed by atoms with van der Waals surface area (Å²) in [7, 11) is 1.63. The number of oxime groups is 1. The van der Waals surface area contributed by atoms with E-state index in [0.29, 0.717) is 11.3 Å². The molecule has 0 fully saturated rings. The average molecular weight is 305 g/mol. The van der Waals surface area contributed by atoms with Crippen LogP contribution in [0.4, 0.5) is 0 Å². The van der Waals surface area contributed by atoms with Crippen molar-refractivity contribution in [2.24, 2.45) is 5.16 Å². The largest absolute Gasteiger partial charge is 0.497 e. The summed E-state index contributed by atoms with van der Waals surface area (Å²) in [5, 5.41) is 3.87. The van der Waals surface area contributed by atoms with Crippen molar-refractivity contribution >= 4 is 17.8 Å². The fourth-order valence-corrected chi connectivity index (χ4v) is 2.20. The van der Waals surface area contributed by atoms with E-state index < -0.39 is 5.97 Å². The van der Waals surface area contributed by atoms with Crippen LogP contribution in [0.1, 0.15) is 11.1 Å². The summed E-state index contributed by atoms with van der Waals surface area (Å²) < 4.78 is 5.12. The minimum Gasteiger partial charge on any atom is -0.497 e. The molecule has 0 radical (unpaired) electrons. The van der Waals surface area contributed by atoms with Crippen molar-refractivity contribution in [1.29, 1.82) is 0 Å². The number of nitrogens with zero attached hydrogens (tertiary/aromatic N) is 1. The van der Waals surface area contributed by atoms with Gasteiger partial charge in [-0.05, 0) is 23.8 Å². The zero-order valence-corrected chi connectivity index (χ0v) is 12.6. The third kappa shape index (κ3) is 3.37. The molecule has 1 heterocycles. The van der Waals surface area contributed by atoms with E-state index in [1.807, 2.05) is 66.7 Å². The first-order valence-electron chi connectivity index (χ1n) is 7.15. The van der Waals surface area contributed by atoms with Crippen LogP contribution in [0.15, 0.2) is 77.5 Å². The molecule has 1 aliphatic heterocycles. The lowest BCUT2D eigenvalue weighted by molar-refractivity contribution is -0.136. The highest BCUT2D eigenvalue weighted by Crippen LogP contribution is 2.18. The number of carbonyl (C=O) groups excluding carboxylic acids is 1. The fraction of sp³-hybridized carbons (Fsp3) is 0.0526. The van der Waals surface area contributed by atoms with Gasteiger partial charge < -0.3 is 9.57 Å². The lowest BCUT2D eigenvalue weighted by Gasteiger charge is -1.99. The quantitative estimate of drug-likeness (QED) is 0.640. The van der Waals surface area contributed by atoms with Gasteiger partial charge in [0, 0.05) is 5.56 Å². The maximum atomic E-state index is 11.8. The molecule has 114 valence electrons. The summed E-state index contributed by atoms with van der Waals surface area (Å²) >= 11 is 0. The van der Waals surface area contributed by atoms with E-state index in [1.165, 1.54) is 0 Å². The SMILES string of the molecule is COc1ccc(/C=C/C=C2\C(=O)ON=C2c2ccccc2)cc1. The summed E-state index contributed by atoms with van der Waals surface area (Å²) in [6, 6.07) is 17.1. The summed E-state index contributed by atoms with van der Waals surface area (Å²) in [4.78, 5) is 16.6. The molecule has 2 aromatic carbocycles. The highest BCUT2D eigenvalue weighted by molar-refractivity contribution is 6.29. The van der Waals surface area contributed by atoms with Crippen molar-refractivity contribution in [2.75, 3.05) is 7.11 Å². The van der Waals surface area contributed by atoms with E-state index in [9.17, 15) is 4.79 Å². The van der Waals surface area contributed by atoms with E-state index in [-0.39, 0.29) is 0 Å². The molecular weight excluding hydrogens is 290 g/mol. The van der Waals surface area contributed by atoms with Crippen LogP contribution in [0.25, 0.3) is 6.08 Å². The van der Waals surface area contributed by atoms with E-state index in [2.05, 4.69) is 5.16 Å². The number of rotatable bonds is 4. The Morgan fingerprint density at radius 2 is 1.78 bits per heavy atom. The molecule has 1 aliphatic rings. The molecular formula is C19H15NO3. The third-order valence-corrected chi connectivity index (χ3v) is 3.41. The van der Waals surface area contributed by atoms with Crippen LogP contribution in [0.2, 0.25) is 0 Å². The lowest BCUT2D eigenvalue weighted by Crippen LogP contribution is -2.06. The van der Waals surface area contributed by atoms with E-state index in [0.717, 1.165) is 16.9 Å². The summed E-state index contributed by atoms with van der Waals surface area (Å²) in [6.45, 7) is 0. The second-order valence-electron chi connectivity index (χ2n) is 4.90. The molecule has 4 heteroatoms. The second kappa shape index (κ2) is 6.75. The smallest absolute Gasteiger partial charge is 0.368 e. The molecule has 3 rings (SSSR count). The van der Waals surface area contributed by atoms with E-state index in [1.54, 1.807) is 13.2 Å². The molecule has 0 atom stereocenters. The maximum Gasteiger partial charge on any atom is 0.368 e. The normalized spacial score (nSPS) is 15.8. The molecule has 0 amide bonds. The van der Waals surface area contributed by atoms with Crippen molar-refractivity contribution in [1.82, 2.24) is 0 Å². The van der Waals surface area contributed by atoms with Gasteiger partial charge in [-0.15, -0.1) is 0 Å². The van der Waals surface area contributed by atoms with Crippen molar-refractivity contribution in [3.05, 3.63) is 83.4 Å². The number of carbonyl (C=O) groups is 1. The molecule has 4 nitrogen and oxygen atoms in total. The Hall–Kier alpha value is -3.14. The molecule has 0 spiro atoms. The molecule has 2 aromatic rings. The topological polar surface area (TPSA) is 47.9 Å². The zero-order valence-electron chi connectivity index (χ0n) is 12.6. The monoisotopic (exact) mass is 305 g/mol. The van der Waals surface area contributed by atoms with Gasteiger partial charge in [0.05, 0.1) is 12.7 Å². The number of hydrogen-bond acceptors (Lipinski definition) is 4. The first-order valence-corrected chi connectivity index (χ1v) is 7.15. The molecule has 0 saturated heterocycles. The first kappa shape index (κ1) is 14.8. The summed E-state index contributed by atoms with van der Waals surface area (Å²) in [5.74, 6) is 0.363. The average Bonchev–Trinajstić information content (AvgIpc) is 2.97. The first-order chi connectivity index (χ1) is 11.3. The fourth-order valence-electron chi connectivity index (χ4n) is 2.20. The molecule has 0 N–H and O–H groups in total. The van der Waals surface area contributed by atoms with Crippen LogP contribution in [0, 0.1) is 0 Å². The van der Waals surface area contributed by atoms with Crippen LogP contribution >= 0.6 is 0 Å². The Kier molecular flexibility index (Phi) is 4.34. The third-order valence-electron chi connectivity index (χ3n) is 3.41. The minimum absolute atomic E-state index is 0.441. The van der Waals surface area contributed by atoms with Crippen LogP contribution in [0.5, 0.6) is 5.75 Å². The number of hydrogen-bond donors (Lipinski definition) is 0. The molecule has 0 bridgehead atoms. The molecule has 23 heavy (non-hydrogen) atoms. The van der Waals surface area contributed by atoms with Crippen LogP contribution in [0.3, 0.4) is 0 Å². The number of allylic oxidation sites excluding steroid dienone is 2. The van der Waals surface area contributed by atoms with E-state index >= 15 is 0 Å². The van der Waals surface area contributed by atoms with E-state index in [4.69, 9.17) is 9.57 Å². The van der Waals surface area contributed by atoms with Gasteiger partial charge in [0.25, 0.3) is 0 Å². The van der Waals surface area contributed by atoms with Gasteiger partial charge in [-0.1, -0.05) is 59.8 Å². The summed E-state index contributed by atoms with van der Waals surface area (Å²) in [5.41, 5.74) is 2.85. The Balaban J connectivity index is 1.81. The zero-order chi connectivity index (χ0) is 16.1. The number of benzene rings is 2. The van der Waals surface area contributed by atoms with Gasteiger partial charge in [0.1, 0.15) is 11.5 Å². The Morgan fingerprint density at radius 3 is 2.48 bits per heavy atom. The predicted octanol–water partition coefficient (Wildman–Crippen LogP) is 3.60. The highest BCUT2D eigenvalue weighted by atomic mass is 16.7. The minimum atomic E-state index is -0.441. The molecule has 0 aromatic heterocycles. The Morgan fingerprint density at radius 1 is 1.04 bits per heavy atom. The Labute approximate surface area is 134 Å². The lowest BCUT2D eigenvalue weighted by atomic mass is 10.0. The maximum absolute atomic E-state index is 11.8. The number of methoxy groups -OCH3 is 1. The van der Waals surface area contributed by atoms with Gasteiger partial charge in [-0.3, -0.25) is 0 Å². The molecule has 0 saturated carbocycles. The standard InChI is InChI=1S/C19H15NO3/c1-22-16-12-10-14(11-13-16)6-5-9-17-18(20-23-19(17)21)15-7-3-2-4-8-15/h2-13H,1H3/b6-5+,17-9-. The van der Waals surface area contributed by atoms with Crippen LogP contribution < -0.4 is 4.74 Å². The summed E-state index contributed by atoms with van der Waals surface area (Å²) in [6.07, 6.45) is 5.42. The van der Waals surface area contributed by atoms with Crippen molar-refractivity contribution in [3.63, 3.8) is 0 Å².